The van der Waals surface area contributed by atoms with Crippen LogP contribution >= 0.6 is 0 Å². The molecule has 2 rings (SSSR count). The molecule has 1 fully saturated rings. The Labute approximate surface area is 49.8 Å². The van der Waals surface area contributed by atoms with Gasteiger partial charge < -0.3 is 0 Å². The van der Waals surface area contributed by atoms with Crippen LogP contribution < -0.4 is 0 Å². The normalized spacial score (nSPS) is 35.0. The Hall–Kier alpha value is -0.330. The van der Waals surface area contributed by atoms with E-state index in [-0.39, 0.29) is 0 Å². The minimum atomic E-state index is 0.734. The van der Waals surface area contributed by atoms with E-state index in [1.807, 2.05) is 0 Å². The molecule has 1 saturated carbocycles. The van der Waals surface area contributed by atoms with Crippen LogP contribution in [0.15, 0.2) is 4.99 Å². The van der Waals surface area contributed by atoms with Crippen LogP contribution in [0.25, 0.3) is 0 Å². The summed E-state index contributed by atoms with van der Waals surface area (Å²) in [4.78, 5) is 4.33. The summed E-state index contributed by atoms with van der Waals surface area (Å²) in [5, 5.41) is 0. The third-order valence-corrected chi connectivity index (χ3v) is 2.05. The van der Waals surface area contributed by atoms with Crippen molar-refractivity contribution in [1.29, 1.82) is 0 Å². The van der Waals surface area contributed by atoms with Gasteiger partial charge in [0.15, 0.2) is 0 Å². The van der Waals surface area contributed by atoms with Gasteiger partial charge in [0.05, 0.1) is 6.04 Å². The molecule has 1 aliphatic carbocycles. The van der Waals surface area contributed by atoms with Crippen LogP contribution in [-0.4, -0.2) is 11.8 Å². The molecule has 0 aromatic carbocycles. The number of fused-ring (bicyclic) bond motifs is 1. The summed E-state index contributed by atoms with van der Waals surface area (Å²) >= 11 is 0. The molecule has 1 unspecified atom stereocenters. The molecule has 1 heterocycles. The number of aliphatic imine (C=N–C) groups is 1. The smallest absolute Gasteiger partial charge is 0.0876 e. The number of rotatable bonds is 0. The van der Waals surface area contributed by atoms with E-state index < -0.39 is 0 Å². The van der Waals surface area contributed by atoms with E-state index in [1.165, 1.54) is 37.8 Å². The molecule has 1 aliphatic heterocycles. The van der Waals surface area contributed by atoms with Crippen molar-refractivity contribution in [3.05, 3.63) is 0 Å². The molecule has 1 nitrogen and oxygen atoms in total. The van der Waals surface area contributed by atoms with Gasteiger partial charge in [-0.05, 0) is 19.3 Å². The first-order chi connectivity index (χ1) is 3.97. The summed E-state index contributed by atoms with van der Waals surface area (Å²) in [6.07, 6.45) is 6.92. The fraction of sp³-hybridized carbons (Fsp3) is 0.857. The van der Waals surface area contributed by atoms with E-state index in [0.29, 0.717) is 0 Å². The first-order valence-corrected chi connectivity index (χ1v) is 3.53. The van der Waals surface area contributed by atoms with E-state index in [0.717, 1.165) is 6.04 Å². The monoisotopic (exact) mass is 109 g/mol. The Morgan fingerprint density at radius 1 is 1.25 bits per heavy atom. The maximum absolute atomic E-state index is 4.33. The van der Waals surface area contributed by atoms with E-state index in [1.54, 1.807) is 0 Å². The van der Waals surface area contributed by atoms with Crippen molar-refractivity contribution in [1.82, 2.24) is 0 Å². The van der Waals surface area contributed by atoms with E-state index >= 15 is 0 Å². The second-order valence-corrected chi connectivity index (χ2v) is 2.74. The SMILES string of the molecule is C1CCC2=NC2CC1. The summed E-state index contributed by atoms with van der Waals surface area (Å²) in [6, 6.07) is 0.734. The number of nitrogens with zero attached hydrogens (tertiary/aromatic N) is 1. The van der Waals surface area contributed by atoms with E-state index in [9.17, 15) is 0 Å². The molecular formula is C7H11N. The van der Waals surface area contributed by atoms with Crippen LogP contribution in [0.3, 0.4) is 0 Å². The summed E-state index contributed by atoms with van der Waals surface area (Å²) in [6.45, 7) is 0. The molecule has 0 amide bonds. The lowest BCUT2D eigenvalue weighted by Gasteiger charge is -1.88. The molecule has 0 aromatic rings. The molecule has 44 valence electrons. The highest BCUT2D eigenvalue weighted by molar-refractivity contribution is 6.00. The first-order valence-electron chi connectivity index (χ1n) is 3.53. The van der Waals surface area contributed by atoms with Gasteiger partial charge in [-0.3, -0.25) is 4.99 Å². The minimum absolute atomic E-state index is 0.734. The van der Waals surface area contributed by atoms with Crippen molar-refractivity contribution in [2.24, 2.45) is 4.99 Å². The molecular weight excluding hydrogens is 98.1 g/mol. The third-order valence-electron chi connectivity index (χ3n) is 2.05. The van der Waals surface area contributed by atoms with Crippen molar-refractivity contribution in [2.75, 3.05) is 0 Å². The standard InChI is InChI=1S/C7H11N/c1-2-4-6-7(8-6)5-3-1/h6H,1-5H2. The summed E-state index contributed by atoms with van der Waals surface area (Å²) in [5.74, 6) is 0. The Balaban J connectivity index is 1.96. The van der Waals surface area contributed by atoms with Crippen molar-refractivity contribution in [2.45, 2.75) is 38.1 Å². The number of hydrogen-bond acceptors (Lipinski definition) is 1. The maximum atomic E-state index is 4.33. The highest BCUT2D eigenvalue weighted by atomic mass is 15.0. The lowest BCUT2D eigenvalue weighted by molar-refractivity contribution is 0.677. The van der Waals surface area contributed by atoms with Crippen molar-refractivity contribution >= 4 is 5.71 Å². The zero-order chi connectivity index (χ0) is 5.40. The predicted molar refractivity (Wildman–Crippen MR) is 34.3 cm³/mol. The Bertz CT molecular complexity index is 126. The van der Waals surface area contributed by atoms with E-state index in [2.05, 4.69) is 4.99 Å². The average Bonchev–Trinajstić information content (AvgIpc) is 2.36. The van der Waals surface area contributed by atoms with Crippen molar-refractivity contribution in [3.8, 4) is 0 Å². The Morgan fingerprint density at radius 3 is 3.25 bits per heavy atom. The van der Waals surface area contributed by atoms with Crippen molar-refractivity contribution < 1.29 is 0 Å². The van der Waals surface area contributed by atoms with Crippen LogP contribution in [0.5, 0.6) is 0 Å². The molecule has 1 atom stereocenters. The molecule has 0 saturated heterocycles. The fourth-order valence-electron chi connectivity index (χ4n) is 1.45. The second-order valence-electron chi connectivity index (χ2n) is 2.74. The predicted octanol–water partition coefficient (Wildman–Crippen LogP) is 1.77. The van der Waals surface area contributed by atoms with Gasteiger partial charge in [-0.15, -0.1) is 0 Å². The van der Waals surface area contributed by atoms with Crippen molar-refractivity contribution in [3.63, 3.8) is 0 Å². The summed E-state index contributed by atoms with van der Waals surface area (Å²) in [5.41, 5.74) is 1.52. The highest BCUT2D eigenvalue weighted by Gasteiger charge is 2.27. The minimum Gasteiger partial charge on any atom is -0.283 e. The lowest BCUT2D eigenvalue weighted by atomic mass is 10.2. The Morgan fingerprint density at radius 2 is 2.25 bits per heavy atom. The zero-order valence-electron chi connectivity index (χ0n) is 5.06. The molecule has 0 N–H and O–H groups in total. The largest absolute Gasteiger partial charge is 0.283 e. The van der Waals surface area contributed by atoms with Gasteiger partial charge in [-0.25, -0.2) is 0 Å². The van der Waals surface area contributed by atoms with Gasteiger partial charge in [-0.2, -0.15) is 0 Å². The molecule has 0 bridgehead atoms. The third kappa shape index (κ3) is 0.662. The van der Waals surface area contributed by atoms with Gasteiger partial charge in [0, 0.05) is 5.71 Å². The molecule has 0 radical (unpaired) electrons. The second kappa shape index (κ2) is 1.57. The maximum Gasteiger partial charge on any atom is 0.0876 e. The average molecular weight is 109 g/mol. The molecule has 2 aliphatic rings. The van der Waals surface area contributed by atoms with Crippen LogP contribution in [0.1, 0.15) is 32.1 Å². The molecule has 8 heavy (non-hydrogen) atoms. The first kappa shape index (κ1) is 4.54. The zero-order valence-corrected chi connectivity index (χ0v) is 5.06. The number of hydrogen-bond donors (Lipinski definition) is 0. The van der Waals surface area contributed by atoms with Crippen LogP contribution in [0.2, 0.25) is 0 Å². The molecule has 0 aromatic heterocycles. The van der Waals surface area contributed by atoms with Gasteiger partial charge in [0.2, 0.25) is 0 Å². The summed E-state index contributed by atoms with van der Waals surface area (Å²) in [7, 11) is 0. The highest BCUT2D eigenvalue weighted by Crippen LogP contribution is 2.26. The van der Waals surface area contributed by atoms with Gasteiger partial charge >= 0.3 is 0 Å². The fourth-order valence-corrected chi connectivity index (χ4v) is 1.45. The Kier molecular flexibility index (Phi) is 0.893. The van der Waals surface area contributed by atoms with Gasteiger partial charge in [-0.1, -0.05) is 12.8 Å². The van der Waals surface area contributed by atoms with Crippen LogP contribution in [0.4, 0.5) is 0 Å². The van der Waals surface area contributed by atoms with E-state index in [4.69, 9.17) is 0 Å². The summed E-state index contributed by atoms with van der Waals surface area (Å²) < 4.78 is 0. The van der Waals surface area contributed by atoms with Crippen LogP contribution in [-0.2, 0) is 0 Å². The lowest BCUT2D eigenvalue weighted by Crippen LogP contribution is -1.91. The van der Waals surface area contributed by atoms with Gasteiger partial charge in [0.25, 0.3) is 0 Å². The van der Waals surface area contributed by atoms with Gasteiger partial charge in [0.1, 0.15) is 0 Å². The molecule has 0 spiro atoms. The molecule has 1 heteroatoms. The topological polar surface area (TPSA) is 12.4 Å². The van der Waals surface area contributed by atoms with Crippen LogP contribution in [0, 0.1) is 0 Å². The quantitative estimate of drug-likeness (QED) is 0.449.